The van der Waals surface area contributed by atoms with Crippen LogP contribution in [0.25, 0.3) is 10.9 Å². The van der Waals surface area contributed by atoms with Crippen LogP contribution >= 0.6 is 0 Å². The molecule has 0 atom stereocenters. The van der Waals surface area contributed by atoms with Crippen LogP contribution in [0.15, 0.2) is 30.3 Å². The van der Waals surface area contributed by atoms with Crippen LogP contribution in [0.4, 0.5) is 5.82 Å². The summed E-state index contributed by atoms with van der Waals surface area (Å²) in [5, 5.41) is 7.08. The highest BCUT2D eigenvalue weighted by atomic mass is 32.2. The highest BCUT2D eigenvalue weighted by molar-refractivity contribution is 7.88. The monoisotopic (exact) mass is 390 g/mol. The van der Waals surface area contributed by atoms with E-state index in [2.05, 4.69) is 15.6 Å². The van der Waals surface area contributed by atoms with Crippen LogP contribution in [-0.4, -0.2) is 55.5 Å². The lowest BCUT2D eigenvalue weighted by Crippen LogP contribution is -2.31. The van der Waals surface area contributed by atoms with Crippen LogP contribution in [0.3, 0.4) is 0 Å². The van der Waals surface area contributed by atoms with Crippen LogP contribution < -0.4 is 10.6 Å². The van der Waals surface area contributed by atoms with Crippen LogP contribution in [0.2, 0.25) is 0 Å². The topological polar surface area (TPSA) is 91.4 Å². The Labute approximate surface area is 160 Å². The molecular weight excluding hydrogens is 364 g/mol. The molecule has 1 heterocycles. The van der Waals surface area contributed by atoms with Gasteiger partial charge in [-0.2, -0.15) is 0 Å². The van der Waals surface area contributed by atoms with Gasteiger partial charge in [0, 0.05) is 31.1 Å². The minimum atomic E-state index is -3.18. The molecule has 1 fully saturated rings. The van der Waals surface area contributed by atoms with E-state index in [0.717, 1.165) is 23.7 Å². The standard InChI is InChI=1S/C19H26N4O3S/c1-3-23(27(2,25)26)12-6-11-20-18-13-16(19(24)21-14-9-10-14)15-7-4-5-8-17(15)22-18/h4-5,7-8,13-14H,3,6,9-12H2,1-2H3,(H,20,22)(H,21,24). The number of carbonyl (C=O) groups is 1. The molecular formula is C19H26N4O3S. The highest BCUT2D eigenvalue weighted by Crippen LogP contribution is 2.24. The Bertz CT molecular complexity index is 926. The number of sulfonamides is 1. The van der Waals surface area contributed by atoms with Crippen molar-refractivity contribution in [2.75, 3.05) is 31.2 Å². The molecule has 0 saturated heterocycles. The van der Waals surface area contributed by atoms with E-state index >= 15 is 0 Å². The summed E-state index contributed by atoms with van der Waals surface area (Å²) in [6, 6.07) is 9.64. The highest BCUT2D eigenvalue weighted by Gasteiger charge is 2.25. The van der Waals surface area contributed by atoms with Crippen molar-refractivity contribution < 1.29 is 13.2 Å². The van der Waals surface area contributed by atoms with Crippen molar-refractivity contribution in [3.8, 4) is 0 Å². The fourth-order valence-electron chi connectivity index (χ4n) is 2.97. The molecule has 2 N–H and O–H groups in total. The average molecular weight is 391 g/mol. The van der Waals surface area contributed by atoms with Crippen molar-refractivity contribution in [2.24, 2.45) is 0 Å². The van der Waals surface area contributed by atoms with Gasteiger partial charge in [0.1, 0.15) is 5.82 Å². The average Bonchev–Trinajstić information content (AvgIpc) is 3.43. The molecule has 1 amide bonds. The number of rotatable bonds is 9. The van der Waals surface area contributed by atoms with Crippen LogP contribution in [0, 0.1) is 0 Å². The number of anilines is 1. The third kappa shape index (κ3) is 5.17. The van der Waals surface area contributed by atoms with Gasteiger partial charge < -0.3 is 10.6 Å². The van der Waals surface area contributed by atoms with Gasteiger partial charge in [0.15, 0.2) is 0 Å². The fourth-order valence-corrected chi connectivity index (χ4v) is 3.90. The van der Waals surface area contributed by atoms with Gasteiger partial charge in [-0.3, -0.25) is 4.79 Å². The third-order valence-electron chi connectivity index (χ3n) is 4.59. The van der Waals surface area contributed by atoms with E-state index in [-0.39, 0.29) is 11.9 Å². The first-order chi connectivity index (χ1) is 12.9. The van der Waals surface area contributed by atoms with Crippen molar-refractivity contribution in [3.05, 3.63) is 35.9 Å². The molecule has 1 aromatic carbocycles. The van der Waals surface area contributed by atoms with Crippen molar-refractivity contribution in [2.45, 2.75) is 32.2 Å². The second kappa shape index (κ2) is 8.22. The van der Waals surface area contributed by atoms with E-state index in [0.29, 0.717) is 37.4 Å². The SMILES string of the molecule is CCN(CCCNc1cc(C(=O)NC2CC2)c2ccccc2n1)S(C)(=O)=O. The molecule has 0 aliphatic heterocycles. The van der Waals surface area contributed by atoms with Gasteiger partial charge >= 0.3 is 0 Å². The maximum absolute atomic E-state index is 12.6. The number of benzene rings is 1. The molecule has 0 unspecified atom stereocenters. The van der Waals surface area contributed by atoms with Gasteiger partial charge in [-0.25, -0.2) is 17.7 Å². The molecule has 0 radical (unpaired) electrons. The van der Waals surface area contributed by atoms with Gasteiger partial charge in [0.2, 0.25) is 10.0 Å². The van der Waals surface area contributed by atoms with E-state index in [1.165, 1.54) is 10.6 Å². The number of amides is 1. The van der Waals surface area contributed by atoms with Crippen molar-refractivity contribution in [1.29, 1.82) is 0 Å². The van der Waals surface area contributed by atoms with Gasteiger partial charge in [-0.15, -0.1) is 0 Å². The van der Waals surface area contributed by atoms with Gasteiger partial charge in [0.05, 0.1) is 17.3 Å². The Morgan fingerprint density at radius 3 is 2.70 bits per heavy atom. The summed E-state index contributed by atoms with van der Waals surface area (Å²) in [6.07, 6.45) is 3.95. The lowest BCUT2D eigenvalue weighted by Gasteiger charge is -2.18. The summed E-state index contributed by atoms with van der Waals surface area (Å²) in [7, 11) is -3.18. The predicted molar refractivity (Wildman–Crippen MR) is 107 cm³/mol. The molecule has 8 heteroatoms. The molecule has 1 aromatic heterocycles. The summed E-state index contributed by atoms with van der Waals surface area (Å²) >= 11 is 0. The fraction of sp³-hybridized carbons (Fsp3) is 0.474. The quantitative estimate of drug-likeness (QED) is 0.641. The number of aromatic nitrogens is 1. The Balaban J connectivity index is 1.70. The summed E-state index contributed by atoms with van der Waals surface area (Å²) < 4.78 is 24.7. The number of fused-ring (bicyclic) bond motifs is 1. The van der Waals surface area contributed by atoms with Crippen LogP contribution in [0.1, 0.15) is 36.5 Å². The first kappa shape index (κ1) is 19.6. The molecule has 0 bridgehead atoms. The number of hydrogen-bond donors (Lipinski definition) is 2. The molecule has 27 heavy (non-hydrogen) atoms. The smallest absolute Gasteiger partial charge is 0.252 e. The van der Waals surface area contributed by atoms with E-state index in [1.54, 1.807) is 6.07 Å². The van der Waals surface area contributed by atoms with Crippen molar-refractivity contribution in [1.82, 2.24) is 14.6 Å². The Kier molecular flexibility index (Phi) is 5.96. The van der Waals surface area contributed by atoms with E-state index in [1.807, 2.05) is 31.2 Å². The second-order valence-electron chi connectivity index (χ2n) is 6.85. The van der Waals surface area contributed by atoms with E-state index in [9.17, 15) is 13.2 Å². The summed E-state index contributed by atoms with van der Waals surface area (Å²) in [5.74, 6) is 0.547. The molecule has 146 valence electrons. The molecule has 3 rings (SSSR count). The lowest BCUT2D eigenvalue weighted by molar-refractivity contribution is 0.0952. The first-order valence-corrected chi connectivity index (χ1v) is 11.1. The molecule has 2 aromatic rings. The molecule has 1 saturated carbocycles. The number of nitrogens with one attached hydrogen (secondary N) is 2. The van der Waals surface area contributed by atoms with Gasteiger partial charge in [0.25, 0.3) is 5.91 Å². The molecule has 1 aliphatic rings. The predicted octanol–water partition coefficient (Wildman–Crippen LogP) is 2.21. The lowest BCUT2D eigenvalue weighted by atomic mass is 10.1. The van der Waals surface area contributed by atoms with Gasteiger partial charge in [-0.05, 0) is 31.4 Å². The van der Waals surface area contributed by atoms with E-state index < -0.39 is 10.0 Å². The number of nitrogens with zero attached hydrogens (tertiary/aromatic N) is 2. The summed E-state index contributed by atoms with van der Waals surface area (Å²) in [4.78, 5) is 17.2. The zero-order valence-corrected chi connectivity index (χ0v) is 16.6. The third-order valence-corrected chi connectivity index (χ3v) is 5.96. The van der Waals surface area contributed by atoms with E-state index in [4.69, 9.17) is 0 Å². The van der Waals surface area contributed by atoms with Crippen molar-refractivity contribution >= 4 is 32.7 Å². The molecule has 7 nitrogen and oxygen atoms in total. The zero-order valence-electron chi connectivity index (χ0n) is 15.7. The number of hydrogen-bond acceptors (Lipinski definition) is 5. The maximum atomic E-state index is 12.6. The Morgan fingerprint density at radius 1 is 1.30 bits per heavy atom. The Morgan fingerprint density at radius 2 is 2.04 bits per heavy atom. The number of pyridine rings is 1. The van der Waals surface area contributed by atoms with Crippen LogP contribution in [-0.2, 0) is 10.0 Å². The normalized spacial score (nSPS) is 14.5. The first-order valence-electron chi connectivity index (χ1n) is 9.28. The minimum Gasteiger partial charge on any atom is -0.370 e. The zero-order chi connectivity index (χ0) is 19.4. The van der Waals surface area contributed by atoms with Gasteiger partial charge in [-0.1, -0.05) is 25.1 Å². The number of para-hydroxylation sites is 1. The Hall–Kier alpha value is -2.19. The van der Waals surface area contributed by atoms with Crippen molar-refractivity contribution in [3.63, 3.8) is 0 Å². The summed E-state index contributed by atoms with van der Waals surface area (Å²) in [6.45, 7) is 3.30. The molecule has 1 aliphatic carbocycles. The molecule has 0 spiro atoms. The largest absolute Gasteiger partial charge is 0.370 e. The maximum Gasteiger partial charge on any atom is 0.252 e. The van der Waals surface area contributed by atoms with Crippen LogP contribution in [0.5, 0.6) is 0 Å². The second-order valence-corrected chi connectivity index (χ2v) is 8.84. The summed E-state index contributed by atoms with van der Waals surface area (Å²) in [5.41, 5.74) is 1.37. The minimum absolute atomic E-state index is 0.0756. The number of carbonyl (C=O) groups excluding carboxylic acids is 1.